The number of nitrogens with one attached hydrogen (secondary N) is 1. The van der Waals surface area contributed by atoms with E-state index in [0.717, 1.165) is 11.3 Å². The van der Waals surface area contributed by atoms with Gasteiger partial charge in [0.05, 0.1) is 29.9 Å². The molecule has 2 atom stereocenters. The molecule has 4 heterocycles. The van der Waals surface area contributed by atoms with Gasteiger partial charge in [-0.05, 0) is 34.3 Å². The van der Waals surface area contributed by atoms with Crippen molar-refractivity contribution in [2.45, 2.75) is 44.6 Å². The average Bonchev–Trinajstić information content (AvgIpc) is 3.27. The van der Waals surface area contributed by atoms with Gasteiger partial charge in [0, 0.05) is 18.8 Å². The van der Waals surface area contributed by atoms with E-state index in [4.69, 9.17) is 9.47 Å². The Balaban J connectivity index is 1.26. The molecule has 184 valence electrons. The van der Waals surface area contributed by atoms with E-state index < -0.39 is 18.1 Å². The molecule has 0 radical (unpaired) electrons. The molecule has 2 unspecified atom stereocenters. The summed E-state index contributed by atoms with van der Waals surface area (Å²) in [5.41, 5.74) is 1.52. The van der Waals surface area contributed by atoms with Gasteiger partial charge in [-0.25, -0.2) is 23.5 Å². The number of benzene rings is 1. The molecule has 1 aromatic carbocycles. The van der Waals surface area contributed by atoms with Crippen molar-refractivity contribution < 1.29 is 23.0 Å². The van der Waals surface area contributed by atoms with Crippen LogP contribution in [0.1, 0.15) is 29.8 Å². The van der Waals surface area contributed by atoms with Gasteiger partial charge >= 0.3 is 6.09 Å². The molecule has 1 amide bonds. The Labute approximate surface area is 208 Å². The molecule has 1 saturated heterocycles. The van der Waals surface area contributed by atoms with Crippen LogP contribution in [-0.2, 0) is 35.0 Å². The number of nitrogens with zero attached hydrogens (tertiary/aromatic N) is 5. The molecular weight excluding hydrogens is 526 g/mol. The third-order valence-electron chi connectivity index (χ3n) is 5.89. The van der Waals surface area contributed by atoms with Gasteiger partial charge in [0.15, 0.2) is 12.0 Å². The Hall–Kier alpha value is -3.12. The summed E-state index contributed by atoms with van der Waals surface area (Å²) in [7, 11) is 0. The lowest BCUT2D eigenvalue weighted by molar-refractivity contribution is -0.222. The topological polar surface area (TPSA) is 94.4 Å². The SMILES string of the molecule is O=C(Nc1cc2n(n1)CCN(c1ncc(Br)c(C3(F)OCCCC3F)n1)C2)OCc1ccccc1. The third kappa shape index (κ3) is 4.98. The van der Waals surface area contributed by atoms with Crippen LogP contribution in [0.5, 0.6) is 0 Å². The quantitative estimate of drug-likeness (QED) is 0.502. The first-order valence-corrected chi connectivity index (χ1v) is 12.0. The number of aromatic nitrogens is 4. The monoisotopic (exact) mass is 548 g/mol. The van der Waals surface area contributed by atoms with Gasteiger partial charge in [-0.2, -0.15) is 5.10 Å². The van der Waals surface area contributed by atoms with Gasteiger partial charge in [-0.15, -0.1) is 0 Å². The molecule has 9 nitrogen and oxygen atoms in total. The van der Waals surface area contributed by atoms with Crippen molar-refractivity contribution in [2.75, 3.05) is 23.4 Å². The minimum Gasteiger partial charge on any atom is -0.444 e. The zero-order valence-corrected chi connectivity index (χ0v) is 20.2. The summed E-state index contributed by atoms with van der Waals surface area (Å²) in [5.74, 6) is -2.01. The number of alkyl halides is 2. The van der Waals surface area contributed by atoms with Crippen molar-refractivity contribution in [2.24, 2.45) is 0 Å². The van der Waals surface area contributed by atoms with Gasteiger partial charge < -0.3 is 14.4 Å². The molecular formula is C23H23BrF2N6O3. The van der Waals surface area contributed by atoms with Crippen molar-refractivity contribution in [1.82, 2.24) is 19.7 Å². The lowest BCUT2D eigenvalue weighted by Crippen LogP contribution is -2.41. The van der Waals surface area contributed by atoms with Crippen LogP contribution in [0.25, 0.3) is 0 Å². The van der Waals surface area contributed by atoms with Crippen LogP contribution in [0.3, 0.4) is 0 Å². The van der Waals surface area contributed by atoms with Crippen LogP contribution in [-0.4, -0.2) is 45.2 Å². The minimum absolute atomic E-state index is 0.0642. The van der Waals surface area contributed by atoms with Crippen molar-refractivity contribution in [3.8, 4) is 0 Å². The molecule has 0 spiro atoms. The fourth-order valence-corrected chi connectivity index (χ4v) is 4.55. The highest BCUT2D eigenvalue weighted by Crippen LogP contribution is 2.41. The average molecular weight is 549 g/mol. The maximum atomic E-state index is 15.4. The van der Waals surface area contributed by atoms with E-state index in [0.29, 0.717) is 31.9 Å². The lowest BCUT2D eigenvalue weighted by atomic mass is 10.0. The zero-order valence-electron chi connectivity index (χ0n) is 18.7. The molecule has 5 rings (SSSR count). The maximum absolute atomic E-state index is 15.4. The number of fused-ring (bicyclic) bond motifs is 1. The molecule has 2 aliphatic rings. The highest BCUT2D eigenvalue weighted by Gasteiger charge is 2.48. The number of anilines is 2. The fraction of sp³-hybridized carbons (Fsp3) is 0.391. The number of carbonyl (C=O) groups excluding carboxylic acids is 1. The van der Waals surface area contributed by atoms with Gasteiger partial charge in [0.1, 0.15) is 12.3 Å². The summed E-state index contributed by atoms with van der Waals surface area (Å²) in [6, 6.07) is 11.1. The summed E-state index contributed by atoms with van der Waals surface area (Å²) in [6.07, 6.45) is -0.494. The van der Waals surface area contributed by atoms with Crippen LogP contribution in [0.4, 0.5) is 25.3 Å². The summed E-state index contributed by atoms with van der Waals surface area (Å²) < 4.78 is 42.4. The highest BCUT2D eigenvalue weighted by molar-refractivity contribution is 9.10. The van der Waals surface area contributed by atoms with Gasteiger partial charge in [0.25, 0.3) is 5.85 Å². The van der Waals surface area contributed by atoms with Crippen LogP contribution in [0.15, 0.2) is 47.1 Å². The first-order valence-electron chi connectivity index (χ1n) is 11.2. The van der Waals surface area contributed by atoms with Crippen LogP contribution < -0.4 is 10.2 Å². The maximum Gasteiger partial charge on any atom is 0.413 e. The number of amides is 1. The molecule has 3 aromatic rings. The van der Waals surface area contributed by atoms with E-state index in [1.807, 2.05) is 35.2 Å². The van der Waals surface area contributed by atoms with Crippen molar-refractivity contribution in [3.05, 3.63) is 64.0 Å². The molecule has 1 fully saturated rings. The molecule has 0 bridgehead atoms. The standard InChI is InChI=1S/C23H23BrF2N6O3/c24-17-12-27-21(29-20(17)23(26)18(25)7-4-10-35-23)31-8-9-32-16(13-31)11-19(30-32)28-22(33)34-14-15-5-2-1-3-6-15/h1-3,5-6,11-12,18H,4,7-10,13-14H2,(H,28,30,33). The number of rotatable bonds is 5. The van der Waals surface area contributed by atoms with E-state index in [-0.39, 0.29) is 35.7 Å². The molecule has 1 N–H and O–H groups in total. The summed E-state index contributed by atoms with van der Waals surface area (Å²) in [6.45, 7) is 1.63. The Morgan fingerprint density at radius 3 is 2.94 bits per heavy atom. The van der Waals surface area contributed by atoms with Crippen molar-refractivity contribution >= 4 is 33.8 Å². The summed E-state index contributed by atoms with van der Waals surface area (Å²) in [4.78, 5) is 22.6. The zero-order chi connectivity index (χ0) is 24.4. The van der Waals surface area contributed by atoms with Crippen molar-refractivity contribution in [1.29, 1.82) is 0 Å². The largest absolute Gasteiger partial charge is 0.444 e. The Bertz CT molecular complexity index is 1210. The van der Waals surface area contributed by atoms with Gasteiger partial charge in [-0.1, -0.05) is 30.3 Å². The smallest absolute Gasteiger partial charge is 0.413 e. The molecule has 2 aromatic heterocycles. The van der Waals surface area contributed by atoms with E-state index in [9.17, 15) is 9.18 Å². The summed E-state index contributed by atoms with van der Waals surface area (Å²) in [5, 5.41) is 7.04. The number of hydrogen-bond donors (Lipinski definition) is 1. The number of halogens is 3. The second-order valence-corrected chi connectivity index (χ2v) is 9.18. The van der Waals surface area contributed by atoms with E-state index >= 15 is 4.39 Å². The van der Waals surface area contributed by atoms with Crippen molar-refractivity contribution in [3.63, 3.8) is 0 Å². The van der Waals surface area contributed by atoms with E-state index in [2.05, 4.69) is 36.3 Å². The predicted octanol–water partition coefficient (Wildman–Crippen LogP) is 4.48. The summed E-state index contributed by atoms with van der Waals surface area (Å²) >= 11 is 3.24. The predicted molar refractivity (Wildman–Crippen MR) is 126 cm³/mol. The molecule has 2 aliphatic heterocycles. The fourth-order valence-electron chi connectivity index (χ4n) is 4.09. The van der Waals surface area contributed by atoms with E-state index in [1.165, 1.54) is 6.20 Å². The second-order valence-electron chi connectivity index (χ2n) is 8.32. The molecule has 0 saturated carbocycles. The lowest BCUT2D eigenvalue weighted by Gasteiger charge is -2.34. The third-order valence-corrected chi connectivity index (χ3v) is 6.48. The Morgan fingerprint density at radius 2 is 2.14 bits per heavy atom. The van der Waals surface area contributed by atoms with Gasteiger partial charge in [0.2, 0.25) is 5.95 Å². The molecule has 12 heteroatoms. The highest BCUT2D eigenvalue weighted by atomic mass is 79.9. The first-order chi connectivity index (χ1) is 16.9. The second kappa shape index (κ2) is 9.86. The Morgan fingerprint density at radius 1 is 1.31 bits per heavy atom. The van der Waals surface area contributed by atoms with Gasteiger partial charge in [-0.3, -0.25) is 10.00 Å². The number of ether oxygens (including phenoxy) is 2. The number of hydrogen-bond acceptors (Lipinski definition) is 7. The normalized spacial score (nSPS) is 21.9. The Kier molecular flexibility index (Phi) is 6.65. The minimum atomic E-state index is -2.62. The first kappa shape index (κ1) is 23.6. The number of carbonyl (C=O) groups is 1. The molecule has 0 aliphatic carbocycles. The van der Waals surface area contributed by atoms with E-state index in [1.54, 1.807) is 10.7 Å². The van der Waals surface area contributed by atoms with Crippen LogP contribution in [0.2, 0.25) is 0 Å². The molecule has 35 heavy (non-hydrogen) atoms. The van der Waals surface area contributed by atoms with Crippen LogP contribution in [0, 0.1) is 0 Å². The van der Waals surface area contributed by atoms with Crippen LogP contribution >= 0.6 is 15.9 Å².